The van der Waals surface area contributed by atoms with Crippen molar-refractivity contribution < 1.29 is 5.11 Å². The molecule has 2 nitrogen and oxygen atoms in total. The van der Waals surface area contributed by atoms with Gasteiger partial charge in [-0.25, -0.2) is 0 Å². The van der Waals surface area contributed by atoms with Crippen LogP contribution in [0.2, 0.25) is 5.02 Å². The summed E-state index contributed by atoms with van der Waals surface area (Å²) in [5.74, 6) is 0. The summed E-state index contributed by atoms with van der Waals surface area (Å²) in [6.45, 7) is 1.79. The van der Waals surface area contributed by atoms with Gasteiger partial charge in [0.1, 0.15) is 0 Å². The van der Waals surface area contributed by atoms with E-state index in [4.69, 9.17) is 11.6 Å². The molecule has 0 fully saturated rings. The molecule has 0 spiro atoms. The van der Waals surface area contributed by atoms with Crippen LogP contribution in [0.3, 0.4) is 0 Å². The Labute approximate surface area is 87.5 Å². The van der Waals surface area contributed by atoms with E-state index in [1.807, 2.05) is 24.4 Å². The first kappa shape index (κ1) is 9.56. The third-order valence-electron chi connectivity index (χ3n) is 2.24. The van der Waals surface area contributed by atoms with E-state index in [2.05, 4.69) is 4.98 Å². The third-order valence-corrected chi connectivity index (χ3v) is 2.48. The Balaban J connectivity index is 2.47. The van der Waals surface area contributed by atoms with E-state index in [0.717, 1.165) is 21.5 Å². The summed E-state index contributed by atoms with van der Waals surface area (Å²) in [7, 11) is 0. The Bertz CT molecular complexity index is 447. The van der Waals surface area contributed by atoms with Gasteiger partial charge in [0, 0.05) is 28.5 Å². The number of aliphatic hydroxyl groups excluding tert-OH is 1. The first-order valence-corrected chi connectivity index (χ1v) is 4.98. The molecular weight excluding hydrogens is 198 g/mol. The fourth-order valence-electron chi connectivity index (χ4n) is 1.65. The number of aromatic amines is 1. The lowest BCUT2D eigenvalue weighted by molar-refractivity contribution is 0.196. The second-order valence-electron chi connectivity index (χ2n) is 3.56. The van der Waals surface area contributed by atoms with Crippen molar-refractivity contribution in [1.29, 1.82) is 0 Å². The molecule has 2 aromatic rings. The second kappa shape index (κ2) is 3.64. The number of hydrogen-bond donors (Lipinski definition) is 2. The Kier molecular flexibility index (Phi) is 2.48. The lowest BCUT2D eigenvalue weighted by atomic mass is 10.1. The highest BCUT2D eigenvalue weighted by molar-refractivity contribution is 6.31. The molecule has 0 aliphatic rings. The van der Waals surface area contributed by atoms with E-state index in [-0.39, 0.29) is 6.10 Å². The molecule has 0 amide bonds. The molecule has 0 aliphatic heterocycles. The summed E-state index contributed by atoms with van der Waals surface area (Å²) in [6, 6.07) is 5.73. The number of H-pyrrole nitrogens is 1. The third kappa shape index (κ3) is 1.76. The zero-order chi connectivity index (χ0) is 10.1. The number of aliphatic hydroxyl groups is 1. The molecule has 74 valence electrons. The standard InChI is InChI=1S/C11H12ClNO/c1-7(14)4-8-6-13-11-5-9(12)2-3-10(8)11/h2-3,5-7,13-14H,4H2,1H3. The van der Waals surface area contributed by atoms with Crippen LogP contribution < -0.4 is 0 Å². The van der Waals surface area contributed by atoms with Crippen LogP contribution in [-0.2, 0) is 6.42 Å². The summed E-state index contributed by atoms with van der Waals surface area (Å²) in [5, 5.41) is 11.2. The van der Waals surface area contributed by atoms with Gasteiger partial charge in [-0.1, -0.05) is 17.7 Å². The highest BCUT2D eigenvalue weighted by Crippen LogP contribution is 2.22. The van der Waals surface area contributed by atoms with Crippen molar-refractivity contribution in [3.05, 3.63) is 35.0 Å². The second-order valence-corrected chi connectivity index (χ2v) is 3.99. The fraction of sp³-hybridized carbons (Fsp3) is 0.273. The molecule has 1 aromatic heterocycles. The van der Waals surface area contributed by atoms with Crippen LogP contribution in [0.4, 0.5) is 0 Å². The van der Waals surface area contributed by atoms with Gasteiger partial charge in [0.25, 0.3) is 0 Å². The van der Waals surface area contributed by atoms with Gasteiger partial charge in [0.05, 0.1) is 6.10 Å². The average molecular weight is 210 g/mol. The van der Waals surface area contributed by atoms with Crippen molar-refractivity contribution >= 4 is 22.5 Å². The van der Waals surface area contributed by atoms with Gasteiger partial charge in [-0.05, 0) is 24.6 Å². The molecule has 0 saturated heterocycles. The molecule has 0 bridgehead atoms. The van der Waals surface area contributed by atoms with Crippen LogP contribution in [0.25, 0.3) is 10.9 Å². The number of aromatic nitrogens is 1. The highest BCUT2D eigenvalue weighted by Gasteiger charge is 2.06. The molecule has 0 aliphatic carbocycles. The average Bonchev–Trinajstić information content (AvgIpc) is 2.47. The van der Waals surface area contributed by atoms with Gasteiger partial charge in [0.15, 0.2) is 0 Å². The molecule has 1 aromatic carbocycles. The molecule has 2 rings (SSSR count). The smallest absolute Gasteiger partial charge is 0.0553 e. The van der Waals surface area contributed by atoms with E-state index in [0.29, 0.717) is 6.42 Å². The monoisotopic (exact) mass is 209 g/mol. The quantitative estimate of drug-likeness (QED) is 0.784. The Morgan fingerprint density at radius 1 is 1.50 bits per heavy atom. The van der Waals surface area contributed by atoms with Crippen molar-refractivity contribution in [2.75, 3.05) is 0 Å². The maximum absolute atomic E-state index is 9.30. The minimum absolute atomic E-state index is 0.315. The van der Waals surface area contributed by atoms with E-state index in [1.54, 1.807) is 6.92 Å². The lowest BCUT2D eigenvalue weighted by Gasteiger charge is -2.01. The van der Waals surface area contributed by atoms with Crippen LogP contribution in [0.1, 0.15) is 12.5 Å². The fourth-order valence-corrected chi connectivity index (χ4v) is 1.82. The predicted octanol–water partition coefficient (Wildman–Crippen LogP) is 2.74. The van der Waals surface area contributed by atoms with Crippen LogP contribution >= 0.6 is 11.6 Å². The SMILES string of the molecule is CC(O)Cc1c[nH]c2cc(Cl)ccc12. The summed E-state index contributed by atoms with van der Waals surface area (Å²) in [5.41, 5.74) is 2.15. The van der Waals surface area contributed by atoms with Crippen molar-refractivity contribution in [3.63, 3.8) is 0 Å². The molecule has 1 unspecified atom stereocenters. The zero-order valence-corrected chi connectivity index (χ0v) is 8.67. The molecule has 0 saturated carbocycles. The van der Waals surface area contributed by atoms with Crippen LogP contribution in [0, 0.1) is 0 Å². The summed E-state index contributed by atoms with van der Waals surface area (Å²) in [4.78, 5) is 3.14. The zero-order valence-electron chi connectivity index (χ0n) is 7.92. The molecule has 0 radical (unpaired) electrons. The van der Waals surface area contributed by atoms with Gasteiger partial charge in [-0.15, -0.1) is 0 Å². The lowest BCUT2D eigenvalue weighted by Crippen LogP contribution is -2.03. The number of benzene rings is 1. The summed E-state index contributed by atoms with van der Waals surface area (Å²) >= 11 is 5.86. The molecule has 2 N–H and O–H groups in total. The molecule has 1 heterocycles. The minimum Gasteiger partial charge on any atom is -0.393 e. The molecule has 14 heavy (non-hydrogen) atoms. The van der Waals surface area contributed by atoms with Crippen molar-refractivity contribution in [2.24, 2.45) is 0 Å². The molecule has 3 heteroatoms. The van der Waals surface area contributed by atoms with Crippen LogP contribution in [-0.4, -0.2) is 16.2 Å². The number of fused-ring (bicyclic) bond motifs is 1. The molecule has 1 atom stereocenters. The Morgan fingerprint density at radius 3 is 3.00 bits per heavy atom. The Hall–Kier alpha value is -0.990. The maximum Gasteiger partial charge on any atom is 0.0553 e. The Morgan fingerprint density at radius 2 is 2.29 bits per heavy atom. The van der Waals surface area contributed by atoms with E-state index in [9.17, 15) is 5.11 Å². The number of rotatable bonds is 2. The van der Waals surface area contributed by atoms with Crippen LogP contribution in [0.15, 0.2) is 24.4 Å². The van der Waals surface area contributed by atoms with E-state index in [1.165, 1.54) is 0 Å². The van der Waals surface area contributed by atoms with Gasteiger partial charge in [-0.3, -0.25) is 0 Å². The van der Waals surface area contributed by atoms with E-state index >= 15 is 0 Å². The first-order chi connectivity index (χ1) is 6.66. The van der Waals surface area contributed by atoms with Gasteiger partial charge >= 0.3 is 0 Å². The van der Waals surface area contributed by atoms with Crippen molar-refractivity contribution in [1.82, 2.24) is 4.98 Å². The van der Waals surface area contributed by atoms with Gasteiger partial charge < -0.3 is 10.1 Å². The number of nitrogens with one attached hydrogen (secondary N) is 1. The minimum atomic E-state index is -0.315. The topological polar surface area (TPSA) is 36.0 Å². The van der Waals surface area contributed by atoms with Crippen molar-refractivity contribution in [3.8, 4) is 0 Å². The van der Waals surface area contributed by atoms with Gasteiger partial charge in [0.2, 0.25) is 0 Å². The highest BCUT2D eigenvalue weighted by atomic mass is 35.5. The number of halogens is 1. The number of hydrogen-bond acceptors (Lipinski definition) is 1. The summed E-state index contributed by atoms with van der Waals surface area (Å²) < 4.78 is 0. The normalized spacial score (nSPS) is 13.4. The van der Waals surface area contributed by atoms with E-state index < -0.39 is 0 Å². The predicted molar refractivity (Wildman–Crippen MR) is 58.7 cm³/mol. The largest absolute Gasteiger partial charge is 0.393 e. The van der Waals surface area contributed by atoms with Gasteiger partial charge in [-0.2, -0.15) is 0 Å². The van der Waals surface area contributed by atoms with Crippen LogP contribution in [0.5, 0.6) is 0 Å². The first-order valence-electron chi connectivity index (χ1n) is 4.60. The van der Waals surface area contributed by atoms with Crippen molar-refractivity contribution in [2.45, 2.75) is 19.4 Å². The summed E-state index contributed by atoms with van der Waals surface area (Å²) in [6.07, 6.45) is 2.28. The molecular formula is C11H12ClNO. The maximum atomic E-state index is 9.30.